The lowest BCUT2D eigenvalue weighted by Gasteiger charge is -2.39. The summed E-state index contributed by atoms with van der Waals surface area (Å²) in [6.45, 7) is 5.38. The maximum Gasteiger partial charge on any atom is 0.238 e. The zero-order valence-electron chi connectivity index (χ0n) is 11.0. The van der Waals surface area contributed by atoms with E-state index in [1.54, 1.807) is 6.07 Å². The summed E-state index contributed by atoms with van der Waals surface area (Å²) in [4.78, 5) is 2.15. The summed E-state index contributed by atoms with van der Waals surface area (Å²) < 4.78 is 28.1. The highest BCUT2D eigenvalue weighted by atomic mass is 32.2. The molecule has 0 spiro atoms. The standard InChI is InChI=1S/C12H19N3O3S/c1-8-7-18-9(2)6-15(8)12-4-3-10(5-11(12)13)19(14,16)17/h3-5,8-9H,6-7,13H2,1-2H3,(H2,14,16,17). The van der Waals surface area contributed by atoms with E-state index in [-0.39, 0.29) is 17.0 Å². The van der Waals surface area contributed by atoms with Crippen molar-refractivity contribution in [1.29, 1.82) is 0 Å². The van der Waals surface area contributed by atoms with Crippen LogP contribution in [-0.4, -0.2) is 33.7 Å². The van der Waals surface area contributed by atoms with Crippen molar-refractivity contribution in [2.75, 3.05) is 23.8 Å². The zero-order chi connectivity index (χ0) is 14.2. The molecule has 0 radical (unpaired) electrons. The topological polar surface area (TPSA) is 98.7 Å². The molecule has 1 heterocycles. The first-order valence-electron chi connectivity index (χ1n) is 6.09. The molecule has 0 amide bonds. The highest BCUT2D eigenvalue weighted by Gasteiger charge is 2.25. The van der Waals surface area contributed by atoms with Gasteiger partial charge in [-0.15, -0.1) is 0 Å². The molecule has 106 valence electrons. The van der Waals surface area contributed by atoms with Gasteiger partial charge in [0, 0.05) is 12.6 Å². The van der Waals surface area contributed by atoms with Gasteiger partial charge in [-0.2, -0.15) is 0 Å². The lowest BCUT2D eigenvalue weighted by Crippen LogP contribution is -2.47. The van der Waals surface area contributed by atoms with E-state index in [9.17, 15) is 8.42 Å². The Balaban J connectivity index is 2.35. The number of nitrogens with zero attached hydrogens (tertiary/aromatic N) is 1. The minimum Gasteiger partial charge on any atom is -0.397 e. The van der Waals surface area contributed by atoms with Crippen LogP contribution in [0.15, 0.2) is 23.1 Å². The Bertz CT molecular complexity index is 574. The number of nitrogen functional groups attached to an aromatic ring is 1. The molecule has 1 aromatic rings. The number of morpholine rings is 1. The van der Waals surface area contributed by atoms with E-state index in [2.05, 4.69) is 4.90 Å². The second kappa shape index (κ2) is 4.99. The molecule has 0 bridgehead atoms. The van der Waals surface area contributed by atoms with Gasteiger partial charge in [0.15, 0.2) is 0 Å². The predicted octanol–water partition coefficient (Wildman–Crippen LogP) is 0.530. The molecule has 0 saturated carbocycles. The Labute approximate surface area is 113 Å². The van der Waals surface area contributed by atoms with Gasteiger partial charge in [-0.3, -0.25) is 0 Å². The summed E-state index contributed by atoms with van der Waals surface area (Å²) in [5, 5.41) is 5.09. The number of rotatable bonds is 2. The number of anilines is 2. The van der Waals surface area contributed by atoms with Crippen LogP contribution in [0, 0.1) is 0 Å². The largest absolute Gasteiger partial charge is 0.397 e. The van der Waals surface area contributed by atoms with Crippen LogP contribution in [-0.2, 0) is 14.8 Å². The molecule has 2 rings (SSSR count). The highest BCUT2D eigenvalue weighted by Crippen LogP contribution is 2.29. The fourth-order valence-corrected chi connectivity index (χ4v) is 2.76. The maximum absolute atomic E-state index is 11.3. The van der Waals surface area contributed by atoms with Crippen molar-refractivity contribution < 1.29 is 13.2 Å². The third-order valence-corrected chi connectivity index (χ3v) is 4.16. The van der Waals surface area contributed by atoms with Crippen LogP contribution in [0.2, 0.25) is 0 Å². The van der Waals surface area contributed by atoms with Crippen LogP contribution in [0.1, 0.15) is 13.8 Å². The van der Waals surface area contributed by atoms with Gasteiger partial charge in [-0.25, -0.2) is 13.6 Å². The van der Waals surface area contributed by atoms with E-state index >= 15 is 0 Å². The first kappa shape index (κ1) is 14.1. The van der Waals surface area contributed by atoms with E-state index in [1.807, 2.05) is 13.8 Å². The molecule has 7 heteroatoms. The van der Waals surface area contributed by atoms with Gasteiger partial charge in [0.2, 0.25) is 10.0 Å². The van der Waals surface area contributed by atoms with Gasteiger partial charge in [0.1, 0.15) is 0 Å². The summed E-state index contributed by atoms with van der Waals surface area (Å²) in [5.41, 5.74) is 7.18. The first-order chi connectivity index (χ1) is 8.79. The van der Waals surface area contributed by atoms with Gasteiger partial charge in [-0.05, 0) is 32.0 Å². The monoisotopic (exact) mass is 285 g/mol. The molecule has 2 atom stereocenters. The van der Waals surface area contributed by atoms with Crippen molar-refractivity contribution in [1.82, 2.24) is 0 Å². The summed E-state index contributed by atoms with van der Waals surface area (Å²) >= 11 is 0. The van der Waals surface area contributed by atoms with Gasteiger partial charge >= 0.3 is 0 Å². The summed E-state index contributed by atoms with van der Waals surface area (Å²) in [7, 11) is -3.72. The quantitative estimate of drug-likeness (QED) is 0.772. The van der Waals surface area contributed by atoms with Crippen molar-refractivity contribution >= 4 is 21.4 Å². The molecule has 19 heavy (non-hydrogen) atoms. The van der Waals surface area contributed by atoms with E-state index in [1.165, 1.54) is 12.1 Å². The first-order valence-corrected chi connectivity index (χ1v) is 7.64. The molecule has 1 aliphatic heterocycles. The van der Waals surface area contributed by atoms with Gasteiger partial charge in [0.25, 0.3) is 0 Å². The minimum atomic E-state index is -3.72. The average Bonchev–Trinajstić information content (AvgIpc) is 2.31. The van der Waals surface area contributed by atoms with E-state index in [4.69, 9.17) is 15.6 Å². The second-order valence-electron chi connectivity index (χ2n) is 4.91. The van der Waals surface area contributed by atoms with Crippen molar-refractivity contribution in [3.63, 3.8) is 0 Å². The zero-order valence-corrected chi connectivity index (χ0v) is 11.9. The van der Waals surface area contributed by atoms with Gasteiger partial charge in [0.05, 0.1) is 29.0 Å². The smallest absolute Gasteiger partial charge is 0.238 e. The Morgan fingerprint density at radius 1 is 1.37 bits per heavy atom. The lowest BCUT2D eigenvalue weighted by molar-refractivity contribution is 0.0344. The molecule has 1 aliphatic rings. The van der Waals surface area contributed by atoms with Crippen LogP contribution < -0.4 is 15.8 Å². The van der Waals surface area contributed by atoms with Crippen molar-refractivity contribution in [2.24, 2.45) is 5.14 Å². The number of hydrogen-bond acceptors (Lipinski definition) is 5. The van der Waals surface area contributed by atoms with Crippen LogP contribution in [0.3, 0.4) is 0 Å². The van der Waals surface area contributed by atoms with Crippen LogP contribution in [0.25, 0.3) is 0 Å². The van der Waals surface area contributed by atoms with Gasteiger partial charge in [-0.1, -0.05) is 0 Å². The average molecular weight is 285 g/mol. The van der Waals surface area contributed by atoms with E-state index in [0.29, 0.717) is 12.3 Å². The van der Waals surface area contributed by atoms with Crippen LogP contribution in [0.5, 0.6) is 0 Å². The molecule has 1 aromatic carbocycles. The second-order valence-corrected chi connectivity index (χ2v) is 6.47. The molecule has 6 nitrogen and oxygen atoms in total. The molecule has 1 fully saturated rings. The third-order valence-electron chi connectivity index (χ3n) is 3.24. The fraction of sp³-hybridized carbons (Fsp3) is 0.500. The molecule has 2 unspecified atom stereocenters. The predicted molar refractivity (Wildman–Crippen MR) is 74.4 cm³/mol. The molecular weight excluding hydrogens is 266 g/mol. The van der Waals surface area contributed by atoms with Crippen molar-refractivity contribution in [2.45, 2.75) is 30.9 Å². The summed E-state index contributed by atoms with van der Waals surface area (Å²) in [5.74, 6) is 0. The number of ether oxygens (including phenoxy) is 1. The Morgan fingerprint density at radius 3 is 2.63 bits per heavy atom. The fourth-order valence-electron chi connectivity index (χ4n) is 2.21. The molecular formula is C12H19N3O3S. The van der Waals surface area contributed by atoms with Crippen LogP contribution in [0.4, 0.5) is 11.4 Å². The molecule has 1 saturated heterocycles. The number of primary sulfonamides is 1. The number of nitrogens with two attached hydrogens (primary N) is 2. The van der Waals surface area contributed by atoms with Gasteiger partial charge < -0.3 is 15.4 Å². The summed E-state index contributed by atoms with van der Waals surface area (Å²) in [6.07, 6.45) is 0.119. The van der Waals surface area contributed by atoms with Crippen molar-refractivity contribution in [3.05, 3.63) is 18.2 Å². The maximum atomic E-state index is 11.3. The number of hydrogen-bond donors (Lipinski definition) is 2. The van der Waals surface area contributed by atoms with Crippen molar-refractivity contribution in [3.8, 4) is 0 Å². The van der Waals surface area contributed by atoms with Crippen LogP contribution >= 0.6 is 0 Å². The third kappa shape index (κ3) is 2.99. The minimum absolute atomic E-state index is 0.0303. The van der Waals surface area contributed by atoms with E-state index < -0.39 is 10.0 Å². The van der Waals surface area contributed by atoms with E-state index in [0.717, 1.165) is 12.2 Å². The Hall–Kier alpha value is -1.31. The number of benzene rings is 1. The Kier molecular flexibility index (Phi) is 3.71. The molecule has 0 aliphatic carbocycles. The SMILES string of the molecule is CC1CN(c2ccc(S(N)(=O)=O)cc2N)C(C)CO1. The molecule has 4 N–H and O–H groups in total. The number of sulfonamides is 1. The Morgan fingerprint density at radius 2 is 2.05 bits per heavy atom. The molecule has 0 aromatic heterocycles. The summed E-state index contributed by atoms with van der Waals surface area (Å²) in [6, 6.07) is 4.77. The lowest BCUT2D eigenvalue weighted by atomic mass is 10.1. The normalized spacial score (nSPS) is 24.5. The highest BCUT2D eigenvalue weighted by molar-refractivity contribution is 7.89.